The van der Waals surface area contributed by atoms with E-state index in [4.69, 9.17) is 16.3 Å². The molecule has 1 saturated heterocycles. The number of carbonyl (C=O) groups excluding carboxylic acids is 2. The molecule has 11 heteroatoms. The smallest absolute Gasteiger partial charge is 0.312 e. The summed E-state index contributed by atoms with van der Waals surface area (Å²) in [6, 6.07) is 9.35. The number of piperazine rings is 1. The maximum absolute atomic E-state index is 14.3. The Hall–Kier alpha value is -4.05. The molecule has 5 rings (SSSR count). The molecule has 2 aromatic carbocycles. The van der Waals surface area contributed by atoms with Crippen LogP contribution in [0.4, 0.5) is 8.78 Å². The third-order valence-electron chi connectivity index (χ3n) is 6.05. The molecule has 2 aromatic heterocycles. The molecule has 0 saturated carbocycles. The molecule has 4 aromatic rings. The van der Waals surface area contributed by atoms with Crippen molar-refractivity contribution in [3.05, 3.63) is 82.3 Å². The Bertz CT molecular complexity index is 1540. The van der Waals surface area contributed by atoms with E-state index in [9.17, 15) is 18.4 Å². The van der Waals surface area contributed by atoms with E-state index in [2.05, 4.69) is 15.4 Å². The average molecular weight is 526 g/mol. The first-order chi connectivity index (χ1) is 17.7. The van der Waals surface area contributed by atoms with Crippen molar-refractivity contribution in [1.29, 1.82) is 0 Å². The number of benzene rings is 2. The van der Waals surface area contributed by atoms with E-state index in [1.165, 1.54) is 27.9 Å². The van der Waals surface area contributed by atoms with Gasteiger partial charge in [-0.15, -0.1) is 0 Å². The number of aryl methyl sites for hydroxylation is 1. The van der Waals surface area contributed by atoms with Crippen molar-refractivity contribution >= 4 is 34.3 Å². The molecular weight excluding hydrogens is 504 g/mol. The van der Waals surface area contributed by atoms with Gasteiger partial charge < -0.3 is 15.0 Å². The molecule has 1 aliphatic rings. The zero-order valence-electron chi connectivity index (χ0n) is 20.0. The lowest BCUT2D eigenvalue weighted by atomic mass is 10.1. The van der Waals surface area contributed by atoms with Crippen LogP contribution in [0.25, 0.3) is 16.6 Å². The number of pyridine rings is 1. The molecule has 1 aliphatic heterocycles. The van der Waals surface area contributed by atoms with Crippen molar-refractivity contribution in [1.82, 2.24) is 25.0 Å². The Morgan fingerprint density at radius 1 is 1.19 bits per heavy atom. The van der Waals surface area contributed by atoms with E-state index in [0.29, 0.717) is 39.2 Å². The lowest BCUT2D eigenvalue weighted by Gasteiger charge is -2.31. The summed E-state index contributed by atoms with van der Waals surface area (Å²) in [5, 5.41) is 7.47. The summed E-state index contributed by atoms with van der Waals surface area (Å²) in [7, 11) is 0. The Labute approximate surface area is 215 Å². The van der Waals surface area contributed by atoms with Crippen LogP contribution in [-0.4, -0.2) is 44.1 Å². The van der Waals surface area contributed by atoms with Gasteiger partial charge in [0.25, 0.3) is 0 Å². The summed E-state index contributed by atoms with van der Waals surface area (Å²) in [5.74, 6) is -1.99. The molecule has 8 nitrogen and oxygen atoms in total. The molecule has 37 heavy (non-hydrogen) atoms. The Kier molecular flexibility index (Phi) is 6.51. The molecule has 0 spiro atoms. The van der Waals surface area contributed by atoms with Gasteiger partial charge in [0.05, 0.1) is 23.1 Å². The fraction of sp³-hybridized carbons (Fsp3) is 0.231. The number of amides is 2. The lowest BCUT2D eigenvalue weighted by Crippen LogP contribution is -2.56. The Morgan fingerprint density at radius 2 is 2.00 bits per heavy atom. The molecule has 3 heterocycles. The first kappa shape index (κ1) is 24.6. The summed E-state index contributed by atoms with van der Waals surface area (Å²) < 4.78 is 35.5. The molecule has 0 radical (unpaired) electrons. The molecule has 0 aliphatic carbocycles. The van der Waals surface area contributed by atoms with Crippen LogP contribution in [0, 0.1) is 18.6 Å². The highest BCUT2D eigenvalue weighted by Crippen LogP contribution is 2.31. The third kappa shape index (κ3) is 4.97. The van der Waals surface area contributed by atoms with E-state index in [-0.39, 0.29) is 30.8 Å². The monoisotopic (exact) mass is 525 g/mol. The predicted molar refractivity (Wildman–Crippen MR) is 132 cm³/mol. The summed E-state index contributed by atoms with van der Waals surface area (Å²) in [5.41, 5.74) is 2.75. The summed E-state index contributed by atoms with van der Waals surface area (Å²) >= 11 is 6.40. The molecule has 0 bridgehead atoms. The molecule has 190 valence electrons. The van der Waals surface area contributed by atoms with Gasteiger partial charge in [-0.2, -0.15) is 5.10 Å². The van der Waals surface area contributed by atoms with E-state index >= 15 is 0 Å². The number of hydrogen-bond acceptors (Lipinski definition) is 5. The first-order valence-electron chi connectivity index (χ1n) is 11.5. The number of aromatic nitrogens is 3. The molecule has 1 unspecified atom stereocenters. The van der Waals surface area contributed by atoms with Gasteiger partial charge in [-0.3, -0.25) is 9.59 Å². The molecular formula is C26H22ClF2N5O3. The van der Waals surface area contributed by atoms with Crippen LogP contribution < -0.4 is 10.1 Å². The van der Waals surface area contributed by atoms with E-state index < -0.39 is 23.4 Å². The van der Waals surface area contributed by atoms with E-state index in [1.807, 2.05) is 6.07 Å². The number of halogens is 3. The minimum absolute atomic E-state index is 0.00528. The standard InChI is InChI=1S/C26H22ClF2N5O3/c1-14-6-22(34-12-18(29)9-30-34)19-4-3-5-23(24(19)31-14)37-13-20-16(7-17(28)8-21(20)27)11-33-10-15(2)32-25(35)26(33)36/h3-9,12,15H,10-11,13H2,1-2H3,(H,32,35). The van der Waals surface area contributed by atoms with Gasteiger partial charge in [0.2, 0.25) is 0 Å². The largest absolute Gasteiger partial charge is 0.487 e. The van der Waals surface area contributed by atoms with Crippen LogP contribution in [-0.2, 0) is 22.7 Å². The summed E-state index contributed by atoms with van der Waals surface area (Å²) in [4.78, 5) is 30.3. The van der Waals surface area contributed by atoms with Crippen molar-refractivity contribution in [2.24, 2.45) is 0 Å². The maximum atomic E-state index is 14.3. The van der Waals surface area contributed by atoms with Crippen molar-refractivity contribution in [2.75, 3.05) is 6.54 Å². The van der Waals surface area contributed by atoms with Crippen LogP contribution in [0.1, 0.15) is 23.7 Å². The second-order valence-corrected chi connectivity index (χ2v) is 9.32. The number of nitrogens with one attached hydrogen (secondary N) is 1. The second kappa shape index (κ2) is 9.78. The van der Waals surface area contributed by atoms with Crippen LogP contribution in [0.2, 0.25) is 5.02 Å². The fourth-order valence-corrected chi connectivity index (χ4v) is 4.69. The minimum atomic E-state index is -0.705. The highest BCUT2D eigenvalue weighted by atomic mass is 35.5. The van der Waals surface area contributed by atoms with Gasteiger partial charge in [0, 0.05) is 35.8 Å². The topological polar surface area (TPSA) is 89.4 Å². The zero-order chi connectivity index (χ0) is 26.3. The van der Waals surface area contributed by atoms with Gasteiger partial charge in [0.15, 0.2) is 5.82 Å². The number of nitrogens with zero attached hydrogens (tertiary/aromatic N) is 4. The van der Waals surface area contributed by atoms with Crippen molar-refractivity contribution < 1.29 is 23.1 Å². The van der Waals surface area contributed by atoms with Gasteiger partial charge in [-0.25, -0.2) is 18.4 Å². The fourth-order valence-electron chi connectivity index (χ4n) is 4.41. The highest BCUT2D eigenvalue weighted by molar-refractivity contribution is 6.35. The van der Waals surface area contributed by atoms with Crippen molar-refractivity contribution in [3.8, 4) is 11.4 Å². The van der Waals surface area contributed by atoms with Crippen molar-refractivity contribution in [3.63, 3.8) is 0 Å². The number of carbonyl (C=O) groups is 2. The van der Waals surface area contributed by atoms with E-state index in [0.717, 1.165) is 6.20 Å². The quantitative estimate of drug-likeness (QED) is 0.383. The van der Waals surface area contributed by atoms with Crippen molar-refractivity contribution in [2.45, 2.75) is 33.0 Å². The highest BCUT2D eigenvalue weighted by Gasteiger charge is 2.30. The van der Waals surface area contributed by atoms with Gasteiger partial charge in [-0.1, -0.05) is 23.7 Å². The van der Waals surface area contributed by atoms with Crippen LogP contribution in [0.15, 0.2) is 48.8 Å². The minimum Gasteiger partial charge on any atom is -0.487 e. The predicted octanol–water partition coefficient (Wildman–Crippen LogP) is 4.09. The first-order valence-corrected chi connectivity index (χ1v) is 11.9. The third-order valence-corrected chi connectivity index (χ3v) is 6.38. The van der Waals surface area contributed by atoms with Crippen LogP contribution in [0.5, 0.6) is 5.75 Å². The Balaban J connectivity index is 1.48. The molecule has 1 atom stereocenters. The second-order valence-electron chi connectivity index (χ2n) is 8.91. The van der Waals surface area contributed by atoms with Crippen LogP contribution >= 0.6 is 11.6 Å². The number of para-hydroxylation sites is 1. The summed E-state index contributed by atoms with van der Waals surface area (Å²) in [6.45, 7) is 3.82. The Morgan fingerprint density at radius 3 is 2.76 bits per heavy atom. The number of rotatable bonds is 6. The lowest BCUT2D eigenvalue weighted by molar-refractivity contribution is -0.149. The molecule has 2 amide bonds. The van der Waals surface area contributed by atoms with E-state index in [1.54, 1.807) is 32.0 Å². The average Bonchev–Trinajstić information content (AvgIpc) is 3.27. The summed E-state index contributed by atoms with van der Waals surface area (Å²) in [6.07, 6.45) is 2.40. The van der Waals surface area contributed by atoms with Gasteiger partial charge in [-0.05, 0) is 43.7 Å². The number of hydrogen-bond donors (Lipinski definition) is 1. The van der Waals surface area contributed by atoms with Gasteiger partial charge >= 0.3 is 11.8 Å². The molecule has 1 N–H and O–H groups in total. The molecule has 1 fully saturated rings. The zero-order valence-corrected chi connectivity index (χ0v) is 20.7. The normalized spacial score (nSPS) is 15.8. The SMILES string of the molecule is Cc1cc(-n2cc(F)cn2)c2cccc(OCc3c(Cl)cc(F)cc3CN3CC(C)NC(=O)C3=O)c2n1. The number of fused-ring (bicyclic) bond motifs is 1. The number of ether oxygens (including phenoxy) is 1. The van der Waals surface area contributed by atoms with Crippen LogP contribution in [0.3, 0.4) is 0 Å². The van der Waals surface area contributed by atoms with Gasteiger partial charge in [0.1, 0.15) is 23.7 Å². The maximum Gasteiger partial charge on any atom is 0.312 e.